The summed E-state index contributed by atoms with van der Waals surface area (Å²) in [5.41, 5.74) is 1.15. The summed E-state index contributed by atoms with van der Waals surface area (Å²) < 4.78 is 2.49. The second-order valence-electron chi connectivity index (χ2n) is 8.07. The molecule has 0 fully saturated rings. The highest BCUT2D eigenvalue weighted by molar-refractivity contribution is 5.91. The van der Waals surface area contributed by atoms with E-state index in [9.17, 15) is 19.2 Å². The van der Waals surface area contributed by atoms with Crippen LogP contribution in [0.5, 0.6) is 0 Å². The van der Waals surface area contributed by atoms with Crippen molar-refractivity contribution in [1.82, 2.24) is 14.5 Å². The number of amides is 2. The molecule has 0 aliphatic heterocycles. The number of hydrogen-bond donors (Lipinski definition) is 2. The maximum atomic E-state index is 13.2. The van der Waals surface area contributed by atoms with Crippen molar-refractivity contribution in [1.29, 1.82) is 0 Å². The van der Waals surface area contributed by atoms with Crippen molar-refractivity contribution in [2.24, 2.45) is 0 Å². The van der Waals surface area contributed by atoms with Crippen LogP contribution in [-0.2, 0) is 22.7 Å². The van der Waals surface area contributed by atoms with E-state index in [0.29, 0.717) is 42.4 Å². The lowest BCUT2D eigenvalue weighted by Crippen LogP contribution is -2.41. The van der Waals surface area contributed by atoms with Crippen LogP contribution in [0.1, 0.15) is 38.2 Å². The molecule has 8 nitrogen and oxygen atoms in total. The predicted molar refractivity (Wildman–Crippen MR) is 129 cm³/mol. The van der Waals surface area contributed by atoms with E-state index in [1.807, 2.05) is 32.0 Å². The number of anilines is 1. The van der Waals surface area contributed by atoms with Gasteiger partial charge in [-0.2, -0.15) is 0 Å². The molecule has 1 aromatic heterocycles. The smallest absolute Gasteiger partial charge is 0.331 e. The third-order valence-corrected chi connectivity index (χ3v) is 5.34. The second kappa shape index (κ2) is 11.3. The number of nitrogens with zero attached hydrogens (tertiary/aromatic N) is 2. The van der Waals surface area contributed by atoms with Crippen LogP contribution in [-0.4, -0.2) is 27.5 Å². The van der Waals surface area contributed by atoms with Gasteiger partial charge in [-0.05, 0) is 56.0 Å². The molecule has 0 radical (unpaired) electrons. The number of unbranched alkanes of at least 4 members (excludes halogenated alkanes) is 1. The zero-order chi connectivity index (χ0) is 23.8. The Balaban J connectivity index is 1.81. The number of aromatic nitrogens is 2. The van der Waals surface area contributed by atoms with Gasteiger partial charge in [0.1, 0.15) is 6.54 Å². The quantitative estimate of drug-likeness (QED) is 0.464. The molecule has 0 saturated heterocycles. The number of para-hydroxylation sites is 1. The van der Waals surface area contributed by atoms with Crippen molar-refractivity contribution in [3.05, 3.63) is 74.9 Å². The molecular weight excluding hydrogens is 420 g/mol. The molecule has 0 aliphatic rings. The van der Waals surface area contributed by atoms with Gasteiger partial charge >= 0.3 is 5.69 Å². The first-order valence-electron chi connectivity index (χ1n) is 11.3. The molecule has 0 aliphatic carbocycles. The minimum absolute atomic E-state index is 0.0343. The highest BCUT2D eigenvalue weighted by Crippen LogP contribution is 2.11. The zero-order valence-electron chi connectivity index (χ0n) is 19.1. The maximum Gasteiger partial charge on any atom is 0.331 e. The summed E-state index contributed by atoms with van der Waals surface area (Å²) in [5, 5.41) is 6.00. The number of carbonyl (C=O) groups excluding carboxylic acids is 2. The Bertz CT molecular complexity index is 1260. The topological polar surface area (TPSA) is 102 Å². The fourth-order valence-corrected chi connectivity index (χ4v) is 3.70. The van der Waals surface area contributed by atoms with Crippen LogP contribution in [0.25, 0.3) is 10.9 Å². The standard InChI is InChI=1S/C25H30N4O4/c1-3-14-26-22(30)13-6-7-15-28-24(32)20-11-4-5-12-21(20)29(25(28)33)17-23(31)27-19-10-8-9-18(2)16-19/h4-5,8-12,16H,3,6-7,13-15,17H2,1-2H3,(H,26,30)(H,27,31). The maximum absolute atomic E-state index is 13.2. The van der Waals surface area contributed by atoms with Gasteiger partial charge in [0.15, 0.2) is 0 Å². The molecule has 0 saturated carbocycles. The van der Waals surface area contributed by atoms with Crippen molar-refractivity contribution in [3.63, 3.8) is 0 Å². The van der Waals surface area contributed by atoms with Crippen molar-refractivity contribution in [2.45, 2.75) is 52.6 Å². The van der Waals surface area contributed by atoms with Gasteiger partial charge < -0.3 is 10.6 Å². The Hall–Kier alpha value is -3.68. The van der Waals surface area contributed by atoms with Crippen LogP contribution in [0.3, 0.4) is 0 Å². The van der Waals surface area contributed by atoms with Gasteiger partial charge in [0.2, 0.25) is 11.8 Å². The molecule has 33 heavy (non-hydrogen) atoms. The average Bonchev–Trinajstić information content (AvgIpc) is 2.80. The summed E-state index contributed by atoms with van der Waals surface area (Å²) in [7, 11) is 0. The summed E-state index contributed by atoms with van der Waals surface area (Å²) in [6, 6.07) is 14.2. The number of carbonyl (C=O) groups is 2. The van der Waals surface area contributed by atoms with Crippen LogP contribution in [0.15, 0.2) is 58.1 Å². The third kappa shape index (κ3) is 6.19. The fraction of sp³-hybridized carbons (Fsp3) is 0.360. The van der Waals surface area contributed by atoms with E-state index in [0.717, 1.165) is 16.6 Å². The average molecular weight is 451 g/mol. The minimum atomic E-state index is -0.534. The number of fused-ring (bicyclic) bond motifs is 1. The van der Waals surface area contributed by atoms with Crippen LogP contribution in [0.4, 0.5) is 5.69 Å². The predicted octanol–water partition coefficient (Wildman–Crippen LogP) is 2.81. The van der Waals surface area contributed by atoms with E-state index < -0.39 is 5.69 Å². The van der Waals surface area contributed by atoms with Crippen LogP contribution in [0.2, 0.25) is 0 Å². The van der Waals surface area contributed by atoms with Gasteiger partial charge in [-0.15, -0.1) is 0 Å². The van der Waals surface area contributed by atoms with E-state index in [-0.39, 0.29) is 30.5 Å². The van der Waals surface area contributed by atoms with Gasteiger partial charge in [-0.1, -0.05) is 31.2 Å². The molecule has 0 atom stereocenters. The van der Waals surface area contributed by atoms with Crippen LogP contribution >= 0.6 is 0 Å². The molecule has 0 bridgehead atoms. The van der Waals surface area contributed by atoms with E-state index in [1.54, 1.807) is 30.3 Å². The molecule has 8 heteroatoms. The molecule has 174 valence electrons. The summed E-state index contributed by atoms with van der Waals surface area (Å²) in [6.07, 6.45) is 2.27. The highest BCUT2D eigenvalue weighted by atomic mass is 16.2. The monoisotopic (exact) mass is 450 g/mol. The minimum Gasteiger partial charge on any atom is -0.356 e. The molecule has 0 spiro atoms. The molecule has 3 aromatic rings. The Morgan fingerprint density at radius 3 is 2.48 bits per heavy atom. The molecule has 1 heterocycles. The van der Waals surface area contributed by atoms with E-state index in [4.69, 9.17) is 0 Å². The number of rotatable bonds is 10. The van der Waals surface area contributed by atoms with Gasteiger partial charge in [0, 0.05) is 25.2 Å². The third-order valence-electron chi connectivity index (χ3n) is 5.34. The lowest BCUT2D eigenvalue weighted by Gasteiger charge is -2.14. The number of aryl methyl sites for hydroxylation is 1. The first-order chi connectivity index (χ1) is 15.9. The largest absolute Gasteiger partial charge is 0.356 e. The molecular formula is C25H30N4O4. The molecule has 3 rings (SSSR count). The first-order valence-corrected chi connectivity index (χ1v) is 11.3. The second-order valence-corrected chi connectivity index (χ2v) is 8.07. The van der Waals surface area contributed by atoms with Gasteiger partial charge in [-0.3, -0.25) is 23.5 Å². The molecule has 2 N–H and O–H groups in total. The molecule has 0 unspecified atom stereocenters. The Kier molecular flexibility index (Phi) is 8.18. The summed E-state index contributed by atoms with van der Waals surface area (Å²) in [6.45, 7) is 4.52. The fourth-order valence-electron chi connectivity index (χ4n) is 3.70. The molecule has 2 aromatic carbocycles. The van der Waals surface area contributed by atoms with Crippen molar-refractivity contribution in [2.75, 3.05) is 11.9 Å². The lowest BCUT2D eigenvalue weighted by atomic mass is 10.2. The van der Waals surface area contributed by atoms with Crippen LogP contribution < -0.4 is 21.9 Å². The van der Waals surface area contributed by atoms with Gasteiger partial charge in [0.25, 0.3) is 5.56 Å². The highest BCUT2D eigenvalue weighted by Gasteiger charge is 2.15. The first kappa shape index (κ1) is 24.0. The van der Waals surface area contributed by atoms with Gasteiger partial charge in [-0.25, -0.2) is 4.79 Å². The summed E-state index contributed by atoms with van der Waals surface area (Å²) >= 11 is 0. The summed E-state index contributed by atoms with van der Waals surface area (Å²) in [5.74, 6) is -0.390. The van der Waals surface area contributed by atoms with Crippen LogP contribution in [0, 0.1) is 6.92 Å². The van der Waals surface area contributed by atoms with E-state index in [2.05, 4.69) is 10.6 Å². The molecule has 2 amide bonds. The SMILES string of the molecule is CCCNC(=O)CCCCn1c(=O)c2ccccc2n(CC(=O)Nc2cccc(C)c2)c1=O. The normalized spacial score (nSPS) is 10.8. The zero-order valence-corrected chi connectivity index (χ0v) is 19.1. The summed E-state index contributed by atoms with van der Waals surface area (Å²) in [4.78, 5) is 50.6. The van der Waals surface area contributed by atoms with Crippen molar-refractivity contribution in [3.8, 4) is 0 Å². The Morgan fingerprint density at radius 2 is 1.73 bits per heavy atom. The van der Waals surface area contributed by atoms with Crippen molar-refractivity contribution < 1.29 is 9.59 Å². The van der Waals surface area contributed by atoms with Gasteiger partial charge in [0.05, 0.1) is 10.9 Å². The lowest BCUT2D eigenvalue weighted by molar-refractivity contribution is -0.121. The van der Waals surface area contributed by atoms with E-state index >= 15 is 0 Å². The van der Waals surface area contributed by atoms with E-state index in [1.165, 1.54) is 4.57 Å². The number of benzene rings is 2. The Morgan fingerprint density at radius 1 is 0.939 bits per heavy atom. The Labute approximate surface area is 192 Å². The van der Waals surface area contributed by atoms with Crippen molar-refractivity contribution >= 4 is 28.4 Å². The number of nitrogens with one attached hydrogen (secondary N) is 2. The number of hydrogen-bond acceptors (Lipinski definition) is 4.